The summed E-state index contributed by atoms with van der Waals surface area (Å²) < 4.78 is 1.07. The molecule has 2 heterocycles. The fourth-order valence-electron chi connectivity index (χ4n) is 2.53. The van der Waals surface area contributed by atoms with E-state index in [1.165, 1.54) is 4.88 Å². The summed E-state index contributed by atoms with van der Waals surface area (Å²) in [5, 5.41) is 2.05. The minimum atomic E-state index is 0.0364. The van der Waals surface area contributed by atoms with E-state index in [1.54, 1.807) is 11.3 Å². The van der Waals surface area contributed by atoms with Gasteiger partial charge in [0.15, 0.2) is 0 Å². The molecule has 18 heavy (non-hydrogen) atoms. The van der Waals surface area contributed by atoms with Gasteiger partial charge in [-0.15, -0.1) is 11.3 Å². The van der Waals surface area contributed by atoms with E-state index in [0.29, 0.717) is 6.42 Å². The second-order valence-electron chi connectivity index (χ2n) is 4.72. The van der Waals surface area contributed by atoms with Gasteiger partial charge in [-0.1, -0.05) is 6.92 Å². The van der Waals surface area contributed by atoms with Crippen LogP contribution in [0.5, 0.6) is 0 Å². The highest BCUT2D eigenvalue weighted by Gasteiger charge is 2.34. The fourth-order valence-corrected chi connectivity index (χ4v) is 4.33. The van der Waals surface area contributed by atoms with Crippen molar-refractivity contribution in [2.45, 2.75) is 44.7 Å². The van der Waals surface area contributed by atoms with Gasteiger partial charge >= 0.3 is 0 Å². The molecule has 0 bridgehead atoms. The SMILES string of the molecule is CCCN1C(=O)CCCC(N)C1c1sccc1Br. The molecular formula is C13H19BrN2OS. The molecular weight excluding hydrogens is 312 g/mol. The number of amides is 1. The Balaban J connectivity index is 2.36. The van der Waals surface area contributed by atoms with Crippen molar-refractivity contribution in [3.8, 4) is 0 Å². The molecule has 1 aromatic heterocycles. The van der Waals surface area contributed by atoms with Crippen LogP contribution in [0.15, 0.2) is 15.9 Å². The molecule has 5 heteroatoms. The zero-order valence-corrected chi connectivity index (χ0v) is 13.0. The molecule has 2 N–H and O–H groups in total. The number of halogens is 1. The zero-order valence-electron chi connectivity index (χ0n) is 10.6. The molecule has 2 unspecified atom stereocenters. The number of hydrogen-bond acceptors (Lipinski definition) is 3. The predicted molar refractivity (Wildman–Crippen MR) is 78.6 cm³/mol. The molecule has 0 aromatic carbocycles. The summed E-state index contributed by atoms with van der Waals surface area (Å²) in [6.45, 7) is 2.89. The summed E-state index contributed by atoms with van der Waals surface area (Å²) in [6.07, 6.45) is 3.42. The van der Waals surface area contributed by atoms with E-state index in [4.69, 9.17) is 5.73 Å². The van der Waals surface area contributed by atoms with Gasteiger partial charge in [0.25, 0.3) is 0 Å². The predicted octanol–water partition coefficient (Wildman–Crippen LogP) is 3.30. The Kier molecular flexibility index (Phi) is 4.81. The third-order valence-corrected chi connectivity index (χ3v) is 5.31. The van der Waals surface area contributed by atoms with Gasteiger partial charge in [0, 0.05) is 28.4 Å². The van der Waals surface area contributed by atoms with Crippen LogP contribution in [-0.2, 0) is 4.79 Å². The molecule has 1 amide bonds. The molecule has 100 valence electrons. The lowest BCUT2D eigenvalue weighted by atomic mass is 10.0. The molecule has 2 rings (SSSR count). The topological polar surface area (TPSA) is 46.3 Å². The van der Waals surface area contributed by atoms with Gasteiger partial charge in [-0.2, -0.15) is 0 Å². The lowest BCUT2D eigenvalue weighted by molar-refractivity contribution is -0.133. The minimum absolute atomic E-state index is 0.0364. The molecule has 1 aromatic rings. The molecule has 1 saturated heterocycles. The second-order valence-corrected chi connectivity index (χ2v) is 6.52. The minimum Gasteiger partial charge on any atom is -0.333 e. The lowest BCUT2D eigenvalue weighted by Gasteiger charge is -2.33. The molecule has 1 aliphatic heterocycles. The van der Waals surface area contributed by atoms with E-state index in [0.717, 1.165) is 30.3 Å². The van der Waals surface area contributed by atoms with Crippen LogP contribution < -0.4 is 5.73 Å². The standard InChI is InChI=1S/C13H19BrN2OS/c1-2-7-16-11(17)5-3-4-10(15)12(16)13-9(14)6-8-18-13/h6,8,10,12H,2-5,7,15H2,1H3. The smallest absolute Gasteiger partial charge is 0.223 e. The Morgan fingerprint density at radius 1 is 1.61 bits per heavy atom. The van der Waals surface area contributed by atoms with Crippen LogP contribution in [0.1, 0.15) is 43.5 Å². The van der Waals surface area contributed by atoms with E-state index < -0.39 is 0 Å². The first-order chi connectivity index (χ1) is 8.65. The van der Waals surface area contributed by atoms with Crippen LogP contribution in [0.2, 0.25) is 0 Å². The highest BCUT2D eigenvalue weighted by molar-refractivity contribution is 9.10. The maximum atomic E-state index is 12.2. The monoisotopic (exact) mass is 330 g/mol. The summed E-state index contributed by atoms with van der Waals surface area (Å²) in [7, 11) is 0. The maximum absolute atomic E-state index is 12.2. The average molecular weight is 331 g/mol. The molecule has 1 fully saturated rings. The number of likely N-dealkylation sites (tertiary alicyclic amines) is 1. The summed E-state index contributed by atoms with van der Waals surface area (Å²) in [6, 6.07) is 2.11. The van der Waals surface area contributed by atoms with Gasteiger partial charge in [0.05, 0.1) is 6.04 Å². The number of carbonyl (C=O) groups is 1. The van der Waals surface area contributed by atoms with Crippen LogP contribution in [0.4, 0.5) is 0 Å². The van der Waals surface area contributed by atoms with Crippen LogP contribution in [0.3, 0.4) is 0 Å². The summed E-state index contributed by atoms with van der Waals surface area (Å²) in [5.41, 5.74) is 6.31. The van der Waals surface area contributed by atoms with Crippen molar-refractivity contribution >= 4 is 33.2 Å². The highest BCUT2D eigenvalue weighted by Crippen LogP contribution is 2.37. The number of rotatable bonds is 3. The summed E-state index contributed by atoms with van der Waals surface area (Å²) >= 11 is 5.25. The van der Waals surface area contributed by atoms with E-state index in [9.17, 15) is 4.79 Å². The van der Waals surface area contributed by atoms with E-state index >= 15 is 0 Å². The first-order valence-corrected chi connectivity index (χ1v) is 8.10. The molecule has 0 aliphatic carbocycles. The van der Waals surface area contributed by atoms with Crippen LogP contribution in [0.25, 0.3) is 0 Å². The summed E-state index contributed by atoms with van der Waals surface area (Å²) in [5.74, 6) is 0.245. The second kappa shape index (κ2) is 6.17. The van der Waals surface area contributed by atoms with E-state index in [-0.39, 0.29) is 18.0 Å². The van der Waals surface area contributed by atoms with Crippen LogP contribution in [0, 0.1) is 0 Å². The molecule has 3 nitrogen and oxygen atoms in total. The van der Waals surface area contributed by atoms with Gasteiger partial charge in [-0.05, 0) is 46.6 Å². The number of hydrogen-bond donors (Lipinski definition) is 1. The van der Waals surface area contributed by atoms with Crippen molar-refractivity contribution in [1.29, 1.82) is 0 Å². The normalized spacial score (nSPS) is 25.3. The molecule has 2 atom stereocenters. The van der Waals surface area contributed by atoms with Crippen molar-refractivity contribution in [3.05, 3.63) is 20.8 Å². The highest BCUT2D eigenvalue weighted by atomic mass is 79.9. The van der Waals surface area contributed by atoms with E-state index in [1.807, 2.05) is 16.3 Å². The zero-order chi connectivity index (χ0) is 13.1. The molecule has 0 radical (unpaired) electrons. The number of thiophene rings is 1. The third-order valence-electron chi connectivity index (χ3n) is 3.37. The molecule has 1 aliphatic rings. The van der Waals surface area contributed by atoms with Gasteiger partial charge < -0.3 is 10.6 Å². The lowest BCUT2D eigenvalue weighted by Crippen LogP contribution is -2.42. The number of carbonyl (C=O) groups excluding carboxylic acids is 1. The Labute approximate surface area is 120 Å². The van der Waals surface area contributed by atoms with Crippen molar-refractivity contribution in [2.24, 2.45) is 5.73 Å². The Hall–Kier alpha value is -0.390. The van der Waals surface area contributed by atoms with Gasteiger partial charge in [-0.25, -0.2) is 0 Å². The number of nitrogens with two attached hydrogens (primary N) is 1. The van der Waals surface area contributed by atoms with Crippen molar-refractivity contribution in [2.75, 3.05) is 6.54 Å². The summed E-state index contributed by atoms with van der Waals surface area (Å²) in [4.78, 5) is 15.4. The molecule has 0 spiro atoms. The Morgan fingerprint density at radius 2 is 2.39 bits per heavy atom. The van der Waals surface area contributed by atoms with Gasteiger partial charge in [-0.3, -0.25) is 4.79 Å². The van der Waals surface area contributed by atoms with Gasteiger partial charge in [0.2, 0.25) is 5.91 Å². The van der Waals surface area contributed by atoms with Crippen molar-refractivity contribution in [1.82, 2.24) is 4.90 Å². The van der Waals surface area contributed by atoms with Gasteiger partial charge in [0.1, 0.15) is 0 Å². The first kappa shape index (κ1) is 14.0. The average Bonchev–Trinajstić information content (AvgIpc) is 2.69. The fraction of sp³-hybridized carbons (Fsp3) is 0.615. The third kappa shape index (κ3) is 2.78. The number of nitrogens with zero attached hydrogens (tertiary/aromatic N) is 1. The van der Waals surface area contributed by atoms with Crippen molar-refractivity contribution in [3.63, 3.8) is 0 Å². The van der Waals surface area contributed by atoms with E-state index in [2.05, 4.69) is 22.9 Å². The molecule has 0 saturated carbocycles. The Morgan fingerprint density at radius 3 is 3.00 bits per heavy atom. The van der Waals surface area contributed by atoms with Crippen molar-refractivity contribution < 1.29 is 4.79 Å². The Bertz CT molecular complexity index is 421. The maximum Gasteiger partial charge on any atom is 0.223 e. The van der Waals surface area contributed by atoms with Crippen LogP contribution in [-0.4, -0.2) is 23.4 Å². The largest absolute Gasteiger partial charge is 0.333 e. The first-order valence-electron chi connectivity index (χ1n) is 6.43. The van der Waals surface area contributed by atoms with Crippen LogP contribution >= 0.6 is 27.3 Å². The quantitative estimate of drug-likeness (QED) is 0.924.